The quantitative estimate of drug-likeness (QED) is 0.789. The van der Waals surface area contributed by atoms with Crippen LogP contribution in [0, 0.1) is 5.82 Å². The van der Waals surface area contributed by atoms with E-state index in [0.29, 0.717) is 11.3 Å². The minimum Gasteiger partial charge on any atom is -0.337 e. The van der Waals surface area contributed by atoms with Gasteiger partial charge >= 0.3 is 0 Å². The maximum atomic E-state index is 12.9. The molecular weight excluding hydrogens is 393 g/mol. The molecule has 0 spiro atoms. The highest BCUT2D eigenvalue weighted by Crippen LogP contribution is 2.18. The topological polar surface area (TPSA) is 78.5 Å². The smallest absolute Gasteiger partial charge is 0.261 e. The molecule has 1 amide bonds. The van der Waals surface area contributed by atoms with Crippen molar-refractivity contribution in [1.82, 2.24) is 10.2 Å². The van der Waals surface area contributed by atoms with Crippen molar-refractivity contribution in [1.29, 1.82) is 0 Å². The molecule has 2 N–H and O–H groups in total. The molecule has 146 valence electrons. The van der Waals surface area contributed by atoms with E-state index in [1.165, 1.54) is 24.3 Å². The molecule has 27 heavy (non-hydrogen) atoms. The first-order valence-electron chi connectivity index (χ1n) is 8.23. The Labute approximate surface area is 164 Å². The van der Waals surface area contributed by atoms with Crippen LogP contribution in [0.4, 0.5) is 10.1 Å². The van der Waals surface area contributed by atoms with E-state index in [4.69, 9.17) is 0 Å². The van der Waals surface area contributed by atoms with Gasteiger partial charge in [0.05, 0.1) is 4.90 Å². The summed E-state index contributed by atoms with van der Waals surface area (Å²) in [5.74, 6) is -0.611. The van der Waals surface area contributed by atoms with E-state index in [2.05, 4.69) is 10.0 Å². The zero-order valence-corrected chi connectivity index (χ0v) is 16.3. The monoisotopic (exact) mass is 413 g/mol. The minimum atomic E-state index is -3.81. The van der Waals surface area contributed by atoms with Gasteiger partial charge in [-0.15, -0.1) is 12.4 Å². The van der Waals surface area contributed by atoms with Crippen LogP contribution in [0.2, 0.25) is 0 Å². The molecule has 1 atom stereocenters. The molecule has 9 heteroatoms. The van der Waals surface area contributed by atoms with Crippen LogP contribution in [0.5, 0.6) is 0 Å². The molecule has 1 heterocycles. The summed E-state index contributed by atoms with van der Waals surface area (Å²) in [6.45, 7) is 1.67. The van der Waals surface area contributed by atoms with Crippen molar-refractivity contribution in [2.24, 2.45) is 0 Å². The van der Waals surface area contributed by atoms with E-state index in [-0.39, 0.29) is 29.3 Å². The number of sulfonamides is 1. The van der Waals surface area contributed by atoms with Crippen LogP contribution in [0.3, 0.4) is 0 Å². The van der Waals surface area contributed by atoms with Gasteiger partial charge < -0.3 is 10.2 Å². The van der Waals surface area contributed by atoms with E-state index < -0.39 is 15.8 Å². The first-order chi connectivity index (χ1) is 12.4. The first-order valence-corrected chi connectivity index (χ1v) is 9.71. The Balaban J connectivity index is 0.00000261. The molecule has 2 aromatic rings. The van der Waals surface area contributed by atoms with Gasteiger partial charge in [-0.05, 0) is 61.5 Å². The molecule has 0 saturated carbocycles. The van der Waals surface area contributed by atoms with Crippen LogP contribution in [-0.4, -0.2) is 45.4 Å². The van der Waals surface area contributed by atoms with Crippen LogP contribution < -0.4 is 10.0 Å². The van der Waals surface area contributed by atoms with Crippen molar-refractivity contribution in [2.45, 2.75) is 17.4 Å². The second-order valence-corrected chi connectivity index (χ2v) is 7.88. The average molecular weight is 414 g/mol. The first kappa shape index (κ1) is 21.1. The number of likely N-dealkylation sites (N-methyl/N-ethyl adjacent to an activating group) is 1. The van der Waals surface area contributed by atoms with E-state index in [1.807, 2.05) is 0 Å². The third-order valence-electron chi connectivity index (χ3n) is 4.41. The number of rotatable bonds is 5. The van der Waals surface area contributed by atoms with E-state index >= 15 is 0 Å². The third-order valence-corrected chi connectivity index (χ3v) is 5.81. The Bertz CT molecular complexity index is 883. The summed E-state index contributed by atoms with van der Waals surface area (Å²) in [4.78, 5) is 14.2. The summed E-state index contributed by atoms with van der Waals surface area (Å²) in [6.07, 6.45) is 0.914. The largest absolute Gasteiger partial charge is 0.337 e. The summed E-state index contributed by atoms with van der Waals surface area (Å²) >= 11 is 0. The van der Waals surface area contributed by atoms with Crippen molar-refractivity contribution >= 4 is 34.0 Å². The normalized spacial score (nSPS) is 16.4. The lowest BCUT2D eigenvalue weighted by molar-refractivity contribution is 0.0744. The van der Waals surface area contributed by atoms with Crippen LogP contribution in [0.15, 0.2) is 53.4 Å². The van der Waals surface area contributed by atoms with Crippen LogP contribution in [0.1, 0.15) is 16.8 Å². The van der Waals surface area contributed by atoms with Crippen molar-refractivity contribution in [2.75, 3.05) is 24.9 Å². The van der Waals surface area contributed by atoms with Gasteiger partial charge in [-0.2, -0.15) is 0 Å². The van der Waals surface area contributed by atoms with Crippen molar-refractivity contribution in [3.63, 3.8) is 0 Å². The summed E-state index contributed by atoms with van der Waals surface area (Å²) in [5, 5.41) is 3.22. The number of benzene rings is 2. The van der Waals surface area contributed by atoms with Gasteiger partial charge in [0.25, 0.3) is 15.9 Å². The number of nitrogens with one attached hydrogen (secondary N) is 2. The van der Waals surface area contributed by atoms with E-state index in [1.54, 1.807) is 24.1 Å². The molecule has 3 rings (SSSR count). The number of carbonyl (C=O) groups is 1. The predicted octanol–water partition coefficient (Wildman–Crippen LogP) is 2.48. The van der Waals surface area contributed by atoms with Gasteiger partial charge in [0, 0.05) is 30.9 Å². The maximum Gasteiger partial charge on any atom is 0.261 e. The molecule has 0 bridgehead atoms. The lowest BCUT2D eigenvalue weighted by Crippen LogP contribution is -2.38. The number of anilines is 1. The fourth-order valence-corrected chi connectivity index (χ4v) is 3.91. The molecule has 1 unspecified atom stereocenters. The van der Waals surface area contributed by atoms with Crippen LogP contribution in [0.25, 0.3) is 0 Å². The lowest BCUT2D eigenvalue weighted by Gasteiger charge is -2.23. The summed E-state index contributed by atoms with van der Waals surface area (Å²) in [6, 6.07) is 11.0. The van der Waals surface area contributed by atoms with E-state index in [9.17, 15) is 17.6 Å². The minimum absolute atomic E-state index is 0. The Morgan fingerprint density at radius 2 is 1.78 bits per heavy atom. The Morgan fingerprint density at radius 1 is 1.15 bits per heavy atom. The van der Waals surface area contributed by atoms with Crippen LogP contribution >= 0.6 is 12.4 Å². The summed E-state index contributed by atoms with van der Waals surface area (Å²) < 4.78 is 40.0. The van der Waals surface area contributed by atoms with Gasteiger partial charge in [0.2, 0.25) is 0 Å². The summed E-state index contributed by atoms with van der Waals surface area (Å²) in [5.41, 5.74) is 0.820. The molecule has 1 aliphatic heterocycles. The van der Waals surface area contributed by atoms with Crippen molar-refractivity contribution in [3.8, 4) is 0 Å². The average Bonchev–Trinajstić information content (AvgIpc) is 3.16. The third kappa shape index (κ3) is 4.97. The molecule has 1 saturated heterocycles. The highest BCUT2D eigenvalue weighted by molar-refractivity contribution is 7.92. The van der Waals surface area contributed by atoms with Gasteiger partial charge in [0.15, 0.2) is 0 Å². The number of carbonyl (C=O) groups excluding carboxylic acids is 1. The summed E-state index contributed by atoms with van der Waals surface area (Å²) in [7, 11) is -2.04. The van der Waals surface area contributed by atoms with E-state index in [0.717, 1.165) is 31.6 Å². The predicted molar refractivity (Wildman–Crippen MR) is 104 cm³/mol. The SMILES string of the molecule is CN(C(=O)c1ccc(NS(=O)(=O)c2ccc(F)cc2)cc1)C1CCNC1.Cl. The molecule has 0 aliphatic carbocycles. The number of nitrogens with zero attached hydrogens (tertiary/aromatic N) is 1. The Kier molecular flexibility index (Phi) is 6.80. The maximum absolute atomic E-state index is 12.9. The molecule has 6 nitrogen and oxygen atoms in total. The fourth-order valence-electron chi connectivity index (χ4n) is 2.85. The number of halogens is 2. The molecule has 0 radical (unpaired) electrons. The standard InChI is InChI=1S/C18H20FN3O3S.ClH/c1-22(16-10-11-20-12-16)18(23)13-2-6-15(7-3-13)21-26(24,25)17-8-4-14(19)5-9-17;/h2-9,16,20-21H,10-12H2,1H3;1H. The zero-order chi connectivity index (χ0) is 18.7. The number of hydrogen-bond acceptors (Lipinski definition) is 4. The zero-order valence-electron chi connectivity index (χ0n) is 14.7. The lowest BCUT2D eigenvalue weighted by atomic mass is 10.1. The second-order valence-electron chi connectivity index (χ2n) is 6.20. The molecular formula is C18H21ClFN3O3S. The molecule has 0 aromatic heterocycles. The Morgan fingerprint density at radius 3 is 2.33 bits per heavy atom. The highest BCUT2D eigenvalue weighted by Gasteiger charge is 2.24. The Hall–Kier alpha value is -2.16. The fraction of sp³-hybridized carbons (Fsp3) is 0.278. The van der Waals surface area contributed by atoms with Gasteiger partial charge in [-0.3, -0.25) is 9.52 Å². The van der Waals surface area contributed by atoms with Gasteiger partial charge in [-0.25, -0.2) is 12.8 Å². The van der Waals surface area contributed by atoms with Crippen molar-refractivity contribution in [3.05, 3.63) is 59.9 Å². The number of hydrogen-bond donors (Lipinski definition) is 2. The van der Waals surface area contributed by atoms with Gasteiger partial charge in [-0.1, -0.05) is 0 Å². The van der Waals surface area contributed by atoms with Crippen molar-refractivity contribution < 1.29 is 17.6 Å². The molecule has 1 fully saturated rings. The van der Waals surface area contributed by atoms with Crippen LogP contribution in [-0.2, 0) is 10.0 Å². The molecule has 2 aromatic carbocycles. The highest BCUT2D eigenvalue weighted by atomic mass is 35.5. The van der Waals surface area contributed by atoms with Gasteiger partial charge in [0.1, 0.15) is 5.82 Å². The number of amides is 1. The second kappa shape index (κ2) is 8.69. The molecule has 1 aliphatic rings.